The number of allylic oxidation sites excluding steroid dienone is 8. The fourth-order valence-corrected chi connectivity index (χ4v) is 5.00. The molecule has 0 amide bonds. The molecule has 2 heteroatoms. The number of nitrogens with two attached hydrogens (primary N) is 1. The van der Waals surface area contributed by atoms with Crippen LogP contribution < -0.4 is 11.0 Å². The van der Waals surface area contributed by atoms with E-state index in [2.05, 4.69) is 95.0 Å². The van der Waals surface area contributed by atoms with Crippen molar-refractivity contribution in [2.75, 3.05) is 6.16 Å². The van der Waals surface area contributed by atoms with E-state index in [1.807, 2.05) is 27.7 Å². The van der Waals surface area contributed by atoms with Crippen molar-refractivity contribution in [2.45, 2.75) is 74.7 Å². The third kappa shape index (κ3) is 13.2. The van der Waals surface area contributed by atoms with E-state index in [1.54, 1.807) is 6.08 Å². The first-order valence-corrected chi connectivity index (χ1v) is 13.6. The van der Waals surface area contributed by atoms with E-state index >= 15 is 0 Å². The van der Waals surface area contributed by atoms with Crippen molar-refractivity contribution in [3.8, 4) is 0 Å². The van der Waals surface area contributed by atoms with Crippen molar-refractivity contribution >= 4 is 13.2 Å². The Morgan fingerprint density at radius 1 is 1.06 bits per heavy atom. The van der Waals surface area contributed by atoms with Crippen molar-refractivity contribution in [1.29, 1.82) is 0 Å². The first-order chi connectivity index (χ1) is 15.0. The van der Waals surface area contributed by atoms with E-state index in [4.69, 9.17) is 5.73 Å². The molecule has 0 aliphatic heterocycles. The minimum Gasteiger partial charge on any atom is -0.399 e. The van der Waals surface area contributed by atoms with Crippen molar-refractivity contribution in [1.82, 2.24) is 0 Å². The van der Waals surface area contributed by atoms with E-state index in [9.17, 15) is 0 Å². The first kappa shape index (κ1) is 31.3. The molecule has 1 atom stereocenters. The lowest BCUT2D eigenvalue weighted by atomic mass is 10.0. The molecule has 0 bridgehead atoms. The standard InChI is InChI=1S/C22H28NP.C3H8.2C2H6/c1-4-22(23)21(18(2)3)16-11-17-24(19-12-7-5-8-13-19)20-14-9-6-10-15-20;1-3-2;2*1-2/h4-5,7-9,11-16,18H,1,6,10,17,23H2,2-3H3;3H2,1-2H3;2*1-2H3/b16-11-,22-21+;;;. The maximum Gasteiger partial charge on any atom is 0.0343 e. The van der Waals surface area contributed by atoms with E-state index in [1.165, 1.54) is 22.6 Å². The highest BCUT2D eigenvalue weighted by Crippen LogP contribution is 2.46. The molecule has 174 valence electrons. The summed E-state index contributed by atoms with van der Waals surface area (Å²) >= 11 is 0. The third-order valence-corrected chi connectivity index (χ3v) is 6.57. The van der Waals surface area contributed by atoms with Crippen LogP contribution in [0.2, 0.25) is 0 Å². The summed E-state index contributed by atoms with van der Waals surface area (Å²) in [5.41, 5.74) is 8.03. The van der Waals surface area contributed by atoms with Crippen LogP contribution in [0.3, 0.4) is 0 Å². The molecule has 0 saturated heterocycles. The highest BCUT2D eigenvalue weighted by Gasteiger charge is 2.14. The summed E-state index contributed by atoms with van der Waals surface area (Å²) < 4.78 is 0. The van der Waals surface area contributed by atoms with Crippen LogP contribution in [0.5, 0.6) is 0 Å². The van der Waals surface area contributed by atoms with Crippen LogP contribution in [0.4, 0.5) is 0 Å². The minimum atomic E-state index is -0.349. The largest absolute Gasteiger partial charge is 0.399 e. The highest BCUT2D eigenvalue weighted by atomic mass is 31.1. The summed E-state index contributed by atoms with van der Waals surface area (Å²) in [6.45, 7) is 20.4. The predicted octanol–water partition coefficient (Wildman–Crippen LogP) is 9.11. The fourth-order valence-electron chi connectivity index (χ4n) is 2.79. The average molecular weight is 442 g/mol. The zero-order valence-electron chi connectivity index (χ0n) is 21.5. The van der Waals surface area contributed by atoms with Gasteiger partial charge >= 0.3 is 0 Å². The lowest BCUT2D eigenvalue weighted by Crippen LogP contribution is -2.05. The van der Waals surface area contributed by atoms with Gasteiger partial charge in [-0.2, -0.15) is 0 Å². The Morgan fingerprint density at radius 2 is 1.65 bits per heavy atom. The molecule has 31 heavy (non-hydrogen) atoms. The molecule has 2 N–H and O–H groups in total. The van der Waals surface area contributed by atoms with Gasteiger partial charge in [0.1, 0.15) is 0 Å². The van der Waals surface area contributed by atoms with E-state index in [-0.39, 0.29) is 7.92 Å². The lowest BCUT2D eigenvalue weighted by molar-refractivity contribution is 0.781. The van der Waals surface area contributed by atoms with Crippen LogP contribution in [-0.2, 0) is 0 Å². The monoisotopic (exact) mass is 441 g/mol. The second kappa shape index (κ2) is 21.4. The smallest absolute Gasteiger partial charge is 0.0343 e. The molecule has 1 aliphatic carbocycles. The molecule has 0 heterocycles. The number of hydrogen-bond acceptors (Lipinski definition) is 1. The van der Waals surface area contributed by atoms with Gasteiger partial charge in [-0.05, 0) is 55.1 Å². The van der Waals surface area contributed by atoms with Crippen molar-refractivity contribution in [3.63, 3.8) is 0 Å². The summed E-state index contributed by atoms with van der Waals surface area (Å²) in [7, 11) is -0.349. The van der Waals surface area contributed by atoms with Gasteiger partial charge in [0.15, 0.2) is 0 Å². The first-order valence-electron chi connectivity index (χ1n) is 12.0. The zero-order chi connectivity index (χ0) is 24.1. The second-order valence-corrected chi connectivity index (χ2v) is 9.19. The number of rotatable bonds is 7. The Labute approximate surface area is 195 Å². The summed E-state index contributed by atoms with van der Waals surface area (Å²) in [6, 6.07) is 10.9. The maximum atomic E-state index is 6.08. The van der Waals surface area contributed by atoms with Crippen molar-refractivity contribution in [2.24, 2.45) is 11.7 Å². The van der Waals surface area contributed by atoms with Gasteiger partial charge in [0.05, 0.1) is 0 Å². The Balaban J connectivity index is 0. The predicted molar refractivity (Wildman–Crippen MR) is 148 cm³/mol. The van der Waals surface area contributed by atoms with Crippen LogP contribution in [0.1, 0.15) is 74.7 Å². The molecule has 0 saturated carbocycles. The number of benzene rings is 1. The Bertz CT molecular complexity index is 678. The van der Waals surface area contributed by atoms with Crippen LogP contribution in [0, 0.1) is 5.92 Å². The van der Waals surface area contributed by atoms with Gasteiger partial charge in [-0.25, -0.2) is 0 Å². The number of hydrogen-bond donors (Lipinski definition) is 1. The zero-order valence-corrected chi connectivity index (χ0v) is 22.4. The fraction of sp³-hybridized carbons (Fsp3) is 0.448. The molecular weight excluding hydrogens is 393 g/mol. The molecule has 2 rings (SSSR count). The molecule has 1 unspecified atom stereocenters. The van der Waals surface area contributed by atoms with E-state index in [0.717, 1.165) is 24.7 Å². The van der Waals surface area contributed by atoms with Gasteiger partial charge in [-0.15, -0.1) is 0 Å². The van der Waals surface area contributed by atoms with Crippen LogP contribution >= 0.6 is 7.92 Å². The van der Waals surface area contributed by atoms with Crippen LogP contribution in [0.15, 0.2) is 90.0 Å². The molecule has 0 aromatic heterocycles. The van der Waals surface area contributed by atoms with Gasteiger partial charge in [0.2, 0.25) is 0 Å². The van der Waals surface area contributed by atoms with E-state index < -0.39 is 0 Å². The normalized spacial score (nSPS) is 14.0. The van der Waals surface area contributed by atoms with Gasteiger partial charge in [-0.3, -0.25) is 0 Å². The molecule has 1 aliphatic rings. The summed E-state index contributed by atoms with van der Waals surface area (Å²) in [5, 5.41) is 2.92. The van der Waals surface area contributed by atoms with Gasteiger partial charge in [0.25, 0.3) is 0 Å². The molecular formula is C29H48NP. The van der Waals surface area contributed by atoms with Gasteiger partial charge in [-0.1, -0.05) is 129 Å². The van der Waals surface area contributed by atoms with Crippen molar-refractivity contribution in [3.05, 3.63) is 90.0 Å². The second-order valence-electron chi connectivity index (χ2n) is 6.93. The molecule has 1 aromatic carbocycles. The Hall–Kier alpha value is -1.85. The summed E-state index contributed by atoms with van der Waals surface area (Å²) in [4.78, 5) is 0. The molecule has 1 nitrogen and oxygen atoms in total. The van der Waals surface area contributed by atoms with E-state index in [0.29, 0.717) is 5.92 Å². The molecule has 1 aromatic rings. The lowest BCUT2D eigenvalue weighted by Gasteiger charge is -2.20. The third-order valence-electron chi connectivity index (χ3n) is 4.12. The molecule has 0 fully saturated rings. The Kier molecular flexibility index (Phi) is 21.6. The topological polar surface area (TPSA) is 26.0 Å². The average Bonchev–Trinajstić information content (AvgIpc) is 2.83. The summed E-state index contributed by atoms with van der Waals surface area (Å²) in [6.07, 6.45) is 17.8. The molecule has 0 radical (unpaired) electrons. The highest BCUT2D eigenvalue weighted by molar-refractivity contribution is 7.70. The summed E-state index contributed by atoms with van der Waals surface area (Å²) in [5.74, 6) is 0.399. The van der Waals surface area contributed by atoms with Crippen molar-refractivity contribution < 1.29 is 0 Å². The Morgan fingerprint density at radius 3 is 2.10 bits per heavy atom. The molecule has 0 spiro atoms. The van der Waals surface area contributed by atoms with Crippen LogP contribution in [-0.4, -0.2) is 6.16 Å². The van der Waals surface area contributed by atoms with Gasteiger partial charge in [0, 0.05) is 5.70 Å². The quantitative estimate of drug-likeness (QED) is 0.331. The SMILES string of the molecule is C=C/C(N)=C(/C=C\CP(C1=CCCC=C1)c1ccccc1)C(C)C.CC.CC.CCC. The van der Waals surface area contributed by atoms with Crippen LogP contribution in [0.25, 0.3) is 0 Å². The van der Waals surface area contributed by atoms with Gasteiger partial charge < -0.3 is 5.73 Å². The maximum absolute atomic E-state index is 6.08. The minimum absolute atomic E-state index is 0.349.